The van der Waals surface area contributed by atoms with Crippen LogP contribution in [0.3, 0.4) is 0 Å². The van der Waals surface area contributed by atoms with Gasteiger partial charge in [-0.25, -0.2) is 0 Å². The molecule has 0 aliphatic carbocycles. The molecule has 1 aromatic carbocycles. The van der Waals surface area contributed by atoms with Gasteiger partial charge in [0.1, 0.15) is 5.75 Å². The topological polar surface area (TPSA) is 21.3 Å². The molecule has 0 aliphatic heterocycles. The van der Waals surface area contributed by atoms with Crippen LogP contribution in [0.5, 0.6) is 5.75 Å². The van der Waals surface area contributed by atoms with Crippen LogP contribution in [-0.4, -0.2) is 12.6 Å². The first-order valence-electron chi connectivity index (χ1n) is 7.56. The molecule has 0 heterocycles. The molecular formula is C17H29NO. The van der Waals surface area contributed by atoms with Gasteiger partial charge in [-0.05, 0) is 50.4 Å². The molecule has 0 saturated carbocycles. The van der Waals surface area contributed by atoms with Crippen molar-refractivity contribution in [3.63, 3.8) is 0 Å². The number of rotatable bonds is 8. The monoisotopic (exact) mass is 263 g/mol. The molecule has 2 unspecified atom stereocenters. The van der Waals surface area contributed by atoms with Crippen LogP contribution in [0.1, 0.15) is 59.1 Å². The zero-order chi connectivity index (χ0) is 14.3. The molecule has 19 heavy (non-hydrogen) atoms. The Balaban J connectivity index is 2.73. The Morgan fingerprint density at radius 1 is 1.05 bits per heavy atom. The second kappa shape index (κ2) is 8.21. The summed E-state index contributed by atoms with van der Waals surface area (Å²) >= 11 is 0. The number of nitrogens with one attached hydrogen (secondary N) is 1. The van der Waals surface area contributed by atoms with E-state index in [2.05, 4.69) is 64.2 Å². The Kier molecular flexibility index (Phi) is 6.93. The van der Waals surface area contributed by atoms with E-state index in [1.54, 1.807) is 0 Å². The number of hydrogen-bond acceptors (Lipinski definition) is 2. The Bertz CT molecular complexity index is 345. The lowest BCUT2D eigenvalue weighted by molar-refractivity contribution is 0.242. The minimum atomic E-state index is 0.232. The molecule has 0 fully saturated rings. The molecule has 1 N–H and O–H groups in total. The molecule has 1 aromatic rings. The SMILES string of the molecule is CCNC(CC(C)CC)c1ccc(OC(C)C)cc1. The van der Waals surface area contributed by atoms with Crippen molar-refractivity contribution in [3.05, 3.63) is 29.8 Å². The fourth-order valence-corrected chi connectivity index (χ4v) is 2.20. The largest absolute Gasteiger partial charge is 0.491 e. The summed E-state index contributed by atoms with van der Waals surface area (Å²) < 4.78 is 5.69. The lowest BCUT2D eigenvalue weighted by Gasteiger charge is -2.22. The smallest absolute Gasteiger partial charge is 0.119 e. The summed E-state index contributed by atoms with van der Waals surface area (Å²) in [7, 11) is 0. The third kappa shape index (κ3) is 5.65. The molecule has 0 amide bonds. The van der Waals surface area contributed by atoms with E-state index in [4.69, 9.17) is 4.74 Å². The van der Waals surface area contributed by atoms with Crippen LogP contribution in [0.15, 0.2) is 24.3 Å². The van der Waals surface area contributed by atoms with Crippen molar-refractivity contribution in [2.75, 3.05) is 6.54 Å². The van der Waals surface area contributed by atoms with Crippen molar-refractivity contribution in [3.8, 4) is 5.75 Å². The number of hydrogen-bond donors (Lipinski definition) is 1. The second-order valence-corrected chi connectivity index (χ2v) is 5.60. The number of ether oxygens (including phenoxy) is 1. The lowest BCUT2D eigenvalue weighted by Crippen LogP contribution is -2.22. The van der Waals surface area contributed by atoms with Crippen molar-refractivity contribution >= 4 is 0 Å². The van der Waals surface area contributed by atoms with Gasteiger partial charge >= 0.3 is 0 Å². The molecule has 108 valence electrons. The maximum Gasteiger partial charge on any atom is 0.119 e. The van der Waals surface area contributed by atoms with E-state index in [0.29, 0.717) is 6.04 Å². The quantitative estimate of drug-likeness (QED) is 0.742. The van der Waals surface area contributed by atoms with Gasteiger partial charge in [0.2, 0.25) is 0 Å². The fraction of sp³-hybridized carbons (Fsp3) is 0.647. The molecule has 0 aromatic heterocycles. The van der Waals surface area contributed by atoms with Gasteiger partial charge in [0.15, 0.2) is 0 Å². The van der Waals surface area contributed by atoms with Crippen LogP contribution in [0.2, 0.25) is 0 Å². The minimum absolute atomic E-state index is 0.232. The van der Waals surface area contributed by atoms with Crippen molar-refractivity contribution in [2.24, 2.45) is 5.92 Å². The highest BCUT2D eigenvalue weighted by Gasteiger charge is 2.13. The summed E-state index contributed by atoms with van der Waals surface area (Å²) in [6, 6.07) is 8.99. The van der Waals surface area contributed by atoms with E-state index in [9.17, 15) is 0 Å². The normalized spacial score (nSPS) is 14.4. The van der Waals surface area contributed by atoms with Gasteiger partial charge in [-0.1, -0.05) is 39.3 Å². The average molecular weight is 263 g/mol. The predicted molar refractivity (Wildman–Crippen MR) is 82.7 cm³/mol. The van der Waals surface area contributed by atoms with E-state index in [1.807, 2.05) is 0 Å². The first-order valence-corrected chi connectivity index (χ1v) is 7.56. The lowest BCUT2D eigenvalue weighted by atomic mass is 9.94. The van der Waals surface area contributed by atoms with Crippen molar-refractivity contribution in [1.82, 2.24) is 5.32 Å². The molecule has 0 bridgehead atoms. The van der Waals surface area contributed by atoms with Crippen LogP contribution < -0.4 is 10.1 Å². The van der Waals surface area contributed by atoms with E-state index in [-0.39, 0.29) is 6.10 Å². The third-order valence-electron chi connectivity index (χ3n) is 3.44. The van der Waals surface area contributed by atoms with Crippen LogP contribution in [0, 0.1) is 5.92 Å². The predicted octanol–water partition coefficient (Wildman–Crippen LogP) is 4.56. The molecule has 1 rings (SSSR count). The Hall–Kier alpha value is -1.02. The first kappa shape index (κ1) is 16.0. The van der Waals surface area contributed by atoms with Crippen LogP contribution in [0.25, 0.3) is 0 Å². The molecule has 0 radical (unpaired) electrons. The van der Waals surface area contributed by atoms with Crippen LogP contribution in [-0.2, 0) is 0 Å². The maximum atomic E-state index is 5.69. The molecule has 2 atom stereocenters. The molecule has 2 nitrogen and oxygen atoms in total. The summed E-state index contributed by atoms with van der Waals surface area (Å²) in [5.41, 5.74) is 1.36. The molecule has 0 saturated heterocycles. The summed E-state index contributed by atoms with van der Waals surface area (Å²) in [5, 5.41) is 3.58. The van der Waals surface area contributed by atoms with E-state index in [0.717, 1.165) is 18.2 Å². The fourth-order valence-electron chi connectivity index (χ4n) is 2.20. The summed E-state index contributed by atoms with van der Waals surface area (Å²) in [5.74, 6) is 1.70. The average Bonchev–Trinajstić information content (AvgIpc) is 2.38. The molecule has 0 aliphatic rings. The molecule has 2 heteroatoms. The van der Waals surface area contributed by atoms with Crippen molar-refractivity contribution in [2.45, 2.75) is 59.6 Å². The first-order chi connectivity index (χ1) is 9.06. The van der Waals surface area contributed by atoms with E-state index < -0.39 is 0 Å². The molecule has 0 spiro atoms. The minimum Gasteiger partial charge on any atom is -0.491 e. The van der Waals surface area contributed by atoms with Gasteiger partial charge in [0.25, 0.3) is 0 Å². The summed E-state index contributed by atoms with van der Waals surface area (Å²) in [6.45, 7) is 11.9. The van der Waals surface area contributed by atoms with Gasteiger partial charge in [0, 0.05) is 6.04 Å². The van der Waals surface area contributed by atoms with Crippen molar-refractivity contribution < 1.29 is 4.74 Å². The van der Waals surface area contributed by atoms with Gasteiger partial charge in [-0.3, -0.25) is 0 Å². The van der Waals surface area contributed by atoms with Crippen molar-refractivity contribution in [1.29, 1.82) is 0 Å². The zero-order valence-corrected chi connectivity index (χ0v) is 13.1. The van der Waals surface area contributed by atoms with Gasteiger partial charge in [-0.2, -0.15) is 0 Å². The Morgan fingerprint density at radius 3 is 2.16 bits per heavy atom. The second-order valence-electron chi connectivity index (χ2n) is 5.60. The standard InChI is InChI=1S/C17H29NO/c1-6-14(5)12-17(18-7-2)15-8-10-16(11-9-15)19-13(3)4/h8-11,13-14,17-18H,6-7,12H2,1-5H3. The third-order valence-corrected chi connectivity index (χ3v) is 3.44. The highest BCUT2D eigenvalue weighted by molar-refractivity contribution is 5.29. The highest BCUT2D eigenvalue weighted by Crippen LogP contribution is 2.25. The molecular weight excluding hydrogens is 234 g/mol. The van der Waals surface area contributed by atoms with Gasteiger partial charge < -0.3 is 10.1 Å². The highest BCUT2D eigenvalue weighted by atomic mass is 16.5. The maximum absolute atomic E-state index is 5.69. The van der Waals surface area contributed by atoms with Gasteiger partial charge in [-0.15, -0.1) is 0 Å². The summed E-state index contributed by atoms with van der Waals surface area (Å²) in [6.07, 6.45) is 2.65. The Labute approximate surface area is 118 Å². The van der Waals surface area contributed by atoms with E-state index in [1.165, 1.54) is 18.4 Å². The van der Waals surface area contributed by atoms with Crippen LogP contribution >= 0.6 is 0 Å². The summed E-state index contributed by atoms with van der Waals surface area (Å²) in [4.78, 5) is 0. The van der Waals surface area contributed by atoms with E-state index >= 15 is 0 Å². The van der Waals surface area contributed by atoms with Gasteiger partial charge in [0.05, 0.1) is 6.10 Å². The van der Waals surface area contributed by atoms with Crippen LogP contribution in [0.4, 0.5) is 0 Å². The zero-order valence-electron chi connectivity index (χ0n) is 13.1. The number of benzene rings is 1. The Morgan fingerprint density at radius 2 is 1.68 bits per heavy atom.